The second-order valence-electron chi connectivity index (χ2n) is 5.10. The molecule has 2 N–H and O–H groups in total. The van der Waals surface area contributed by atoms with Gasteiger partial charge in [0.2, 0.25) is 0 Å². The van der Waals surface area contributed by atoms with E-state index in [0.717, 1.165) is 16.8 Å². The predicted molar refractivity (Wildman–Crippen MR) is 105 cm³/mol. The van der Waals surface area contributed by atoms with Crippen molar-refractivity contribution in [3.8, 4) is 5.75 Å². The topological polar surface area (TPSA) is 61.7 Å². The van der Waals surface area contributed by atoms with E-state index >= 15 is 0 Å². The number of aromatic hydroxyl groups is 1. The molecule has 0 saturated carbocycles. The van der Waals surface area contributed by atoms with Crippen LogP contribution in [0.1, 0.15) is 11.1 Å². The van der Waals surface area contributed by atoms with E-state index < -0.39 is 0 Å². The molecule has 122 valence electrons. The summed E-state index contributed by atoms with van der Waals surface area (Å²) in [7, 11) is 0. The summed E-state index contributed by atoms with van der Waals surface area (Å²) in [5.74, 6) is -0.0601. The Balaban J connectivity index is 1.89. The van der Waals surface area contributed by atoms with Crippen LogP contribution in [0.3, 0.4) is 0 Å². The number of nitrogens with one attached hydrogen (secondary N) is 1. The molecule has 0 aliphatic carbocycles. The first-order valence-corrected chi connectivity index (χ1v) is 9.37. The molecule has 4 nitrogen and oxygen atoms in total. The Hall–Kier alpha value is -1.57. The van der Waals surface area contributed by atoms with Gasteiger partial charge >= 0.3 is 0 Å². The fourth-order valence-corrected chi connectivity index (χ4v) is 4.16. The molecule has 1 aliphatic rings. The van der Waals surface area contributed by atoms with Crippen LogP contribution in [0, 0.1) is 6.92 Å². The first kappa shape index (κ1) is 17.3. The first-order valence-electron chi connectivity index (χ1n) is 6.97. The van der Waals surface area contributed by atoms with Crippen LogP contribution >= 0.6 is 43.6 Å². The van der Waals surface area contributed by atoms with Crippen LogP contribution in [0.2, 0.25) is 0 Å². The van der Waals surface area contributed by atoms with E-state index in [4.69, 9.17) is 0 Å². The highest BCUT2D eigenvalue weighted by molar-refractivity contribution is 9.11. The Morgan fingerprint density at radius 2 is 1.88 bits per heavy atom. The van der Waals surface area contributed by atoms with E-state index in [1.807, 2.05) is 31.2 Å². The number of hydrogen-bond acceptors (Lipinski definition) is 4. The summed E-state index contributed by atoms with van der Waals surface area (Å²) in [6.45, 7) is 1.98. The molecule has 3 rings (SSSR count). The Labute approximate surface area is 160 Å². The minimum atomic E-state index is -0.187. The largest absolute Gasteiger partial charge is 0.506 e. The standard InChI is InChI=1S/C17H12Br2N2O2S/c1-9-4-2-3-5-13(9)20-17-21-16(23)14(24-17)8-10-6-11(18)15(22)12(19)7-10/h2-8,22H,1H3,(H,20,21,23)/b14-8-. The number of halogens is 2. The lowest BCUT2D eigenvalue weighted by Crippen LogP contribution is -2.19. The number of phenolic OH excluding ortho intramolecular Hbond substituents is 1. The molecule has 24 heavy (non-hydrogen) atoms. The normalized spacial score (nSPS) is 17.5. The highest BCUT2D eigenvalue weighted by Gasteiger charge is 2.24. The fraction of sp³-hybridized carbons (Fsp3) is 0.0588. The molecule has 0 spiro atoms. The number of aliphatic imine (C=N–C) groups is 1. The predicted octanol–water partition coefficient (Wildman–Crippen LogP) is 5.12. The number of carbonyl (C=O) groups excluding carboxylic acids is 1. The number of para-hydroxylation sites is 1. The SMILES string of the molecule is Cc1ccccc1N=C1NC(=O)/C(=C/c2cc(Br)c(O)c(Br)c2)S1. The van der Waals surface area contributed by atoms with Gasteiger partial charge in [-0.25, -0.2) is 4.99 Å². The summed E-state index contributed by atoms with van der Waals surface area (Å²) in [6.07, 6.45) is 1.76. The summed E-state index contributed by atoms with van der Waals surface area (Å²) >= 11 is 7.86. The lowest BCUT2D eigenvalue weighted by molar-refractivity contribution is -0.115. The average molecular weight is 468 g/mol. The number of aryl methyl sites for hydroxylation is 1. The van der Waals surface area contributed by atoms with E-state index in [1.54, 1.807) is 18.2 Å². The second kappa shape index (κ2) is 7.13. The quantitative estimate of drug-likeness (QED) is 0.602. The molecular formula is C17H12Br2N2O2S. The number of hydrogen-bond donors (Lipinski definition) is 2. The molecule has 1 saturated heterocycles. The van der Waals surface area contributed by atoms with Crippen molar-refractivity contribution < 1.29 is 9.90 Å². The van der Waals surface area contributed by atoms with Crippen molar-refractivity contribution >= 4 is 66.5 Å². The van der Waals surface area contributed by atoms with Gasteiger partial charge in [0.15, 0.2) is 5.17 Å². The van der Waals surface area contributed by atoms with Crippen LogP contribution in [-0.2, 0) is 4.79 Å². The van der Waals surface area contributed by atoms with E-state index in [2.05, 4.69) is 42.2 Å². The van der Waals surface area contributed by atoms with E-state index in [0.29, 0.717) is 19.0 Å². The zero-order chi connectivity index (χ0) is 17.3. The van der Waals surface area contributed by atoms with Crippen molar-refractivity contribution in [3.05, 3.63) is 61.4 Å². The van der Waals surface area contributed by atoms with Gasteiger partial charge in [0.05, 0.1) is 19.5 Å². The zero-order valence-electron chi connectivity index (χ0n) is 12.5. The first-order chi connectivity index (χ1) is 11.4. The monoisotopic (exact) mass is 466 g/mol. The minimum absolute atomic E-state index is 0.127. The third kappa shape index (κ3) is 3.74. The molecule has 0 radical (unpaired) electrons. The fourth-order valence-electron chi connectivity index (χ4n) is 2.10. The molecule has 1 amide bonds. The van der Waals surface area contributed by atoms with E-state index in [-0.39, 0.29) is 11.7 Å². The molecular weight excluding hydrogens is 456 g/mol. The summed E-state index contributed by atoms with van der Waals surface area (Å²) in [5.41, 5.74) is 2.67. The molecule has 0 unspecified atom stereocenters. The number of nitrogens with zero attached hydrogens (tertiary/aromatic N) is 1. The highest BCUT2D eigenvalue weighted by atomic mass is 79.9. The highest BCUT2D eigenvalue weighted by Crippen LogP contribution is 2.35. The molecule has 0 bridgehead atoms. The van der Waals surface area contributed by atoms with E-state index in [9.17, 15) is 9.90 Å². The van der Waals surface area contributed by atoms with Crippen LogP contribution in [0.5, 0.6) is 5.75 Å². The van der Waals surface area contributed by atoms with Crippen LogP contribution in [0.15, 0.2) is 55.2 Å². The van der Waals surface area contributed by atoms with Crippen LogP contribution < -0.4 is 5.32 Å². The lowest BCUT2D eigenvalue weighted by Gasteiger charge is -2.02. The number of rotatable bonds is 2. The van der Waals surface area contributed by atoms with Gasteiger partial charge in [-0.2, -0.15) is 0 Å². The number of amides is 1. The van der Waals surface area contributed by atoms with Gasteiger partial charge in [0.1, 0.15) is 5.75 Å². The minimum Gasteiger partial charge on any atom is -0.506 e. The van der Waals surface area contributed by atoms with Crippen molar-refractivity contribution in [3.63, 3.8) is 0 Å². The van der Waals surface area contributed by atoms with E-state index in [1.165, 1.54) is 11.8 Å². The van der Waals surface area contributed by atoms with Crippen LogP contribution in [-0.4, -0.2) is 16.2 Å². The molecule has 1 aliphatic heterocycles. The van der Waals surface area contributed by atoms with Gasteiger partial charge in [-0.15, -0.1) is 0 Å². The molecule has 0 atom stereocenters. The Morgan fingerprint density at radius 3 is 2.54 bits per heavy atom. The Bertz CT molecular complexity index is 871. The smallest absolute Gasteiger partial charge is 0.264 e. The van der Waals surface area contributed by atoms with Gasteiger partial charge in [0.25, 0.3) is 5.91 Å². The van der Waals surface area contributed by atoms with Crippen molar-refractivity contribution in [2.75, 3.05) is 0 Å². The van der Waals surface area contributed by atoms with Gasteiger partial charge in [-0.05, 0) is 85.9 Å². The summed E-state index contributed by atoms with van der Waals surface area (Å²) in [5, 5.41) is 13.1. The molecule has 1 fully saturated rings. The maximum absolute atomic E-state index is 12.1. The van der Waals surface area contributed by atoms with Crippen LogP contribution in [0.25, 0.3) is 6.08 Å². The molecule has 7 heteroatoms. The van der Waals surface area contributed by atoms with Crippen molar-refractivity contribution in [1.82, 2.24) is 5.32 Å². The van der Waals surface area contributed by atoms with Crippen molar-refractivity contribution in [2.24, 2.45) is 4.99 Å². The Kier molecular flexibility index (Phi) is 5.12. The van der Waals surface area contributed by atoms with Crippen molar-refractivity contribution in [2.45, 2.75) is 6.92 Å². The maximum atomic E-state index is 12.1. The number of amidine groups is 1. The Morgan fingerprint density at radius 1 is 1.21 bits per heavy atom. The van der Waals surface area contributed by atoms with Gasteiger partial charge in [-0.1, -0.05) is 18.2 Å². The number of carbonyl (C=O) groups is 1. The van der Waals surface area contributed by atoms with Crippen LogP contribution in [0.4, 0.5) is 5.69 Å². The number of phenols is 1. The third-order valence-corrected chi connectivity index (χ3v) is 5.44. The molecule has 0 aromatic heterocycles. The molecule has 2 aromatic rings. The summed E-state index contributed by atoms with van der Waals surface area (Å²) < 4.78 is 1.11. The lowest BCUT2D eigenvalue weighted by atomic mass is 10.2. The summed E-state index contributed by atoms with van der Waals surface area (Å²) in [4.78, 5) is 17.2. The van der Waals surface area contributed by atoms with Crippen molar-refractivity contribution in [1.29, 1.82) is 0 Å². The number of thioether (sulfide) groups is 1. The average Bonchev–Trinajstić information content (AvgIpc) is 2.87. The second-order valence-corrected chi connectivity index (χ2v) is 7.84. The number of benzene rings is 2. The molecule has 1 heterocycles. The molecule has 2 aromatic carbocycles. The summed E-state index contributed by atoms with van der Waals surface area (Å²) in [6, 6.07) is 11.2. The van der Waals surface area contributed by atoms with Gasteiger partial charge in [-0.3, -0.25) is 4.79 Å². The maximum Gasteiger partial charge on any atom is 0.264 e. The third-order valence-electron chi connectivity index (χ3n) is 3.33. The van der Waals surface area contributed by atoms with Gasteiger partial charge < -0.3 is 10.4 Å². The van der Waals surface area contributed by atoms with Gasteiger partial charge in [0, 0.05) is 0 Å². The zero-order valence-corrected chi connectivity index (χ0v) is 16.5.